The third-order valence-corrected chi connectivity index (χ3v) is 2.11. The van der Waals surface area contributed by atoms with E-state index in [9.17, 15) is 0 Å². The molecule has 0 amide bonds. The van der Waals surface area contributed by atoms with Crippen LogP contribution in [-0.4, -0.2) is 24.5 Å². The van der Waals surface area contributed by atoms with Gasteiger partial charge in [-0.1, -0.05) is 0 Å². The van der Waals surface area contributed by atoms with Gasteiger partial charge >= 0.3 is 0 Å². The molecule has 15 heavy (non-hydrogen) atoms. The molecule has 0 aromatic carbocycles. The Morgan fingerprint density at radius 3 is 2.93 bits per heavy atom. The molecule has 0 aliphatic rings. The second-order valence-electron chi connectivity index (χ2n) is 3.18. The van der Waals surface area contributed by atoms with Gasteiger partial charge in [-0.2, -0.15) is 5.10 Å². The molecule has 0 radical (unpaired) electrons. The molecule has 0 aliphatic heterocycles. The number of ether oxygens (including phenoxy) is 1. The van der Waals surface area contributed by atoms with Crippen LogP contribution in [-0.2, 0) is 20.2 Å². The van der Waals surface area contributed by atoms with E-state index in [2.05, 4.69) is 15.3 Å². The fourth-order valence-corrected chi connectivity index (χ4v) is 1.18. The van der Waals surface area contributed by atoms with E-state index in [0.29, 0.717) is 6.61 Å². The summed E-state index contributed by atoms with van der Waals surface area (Å²) >= 11 is 0. The van der Waals surface area contributed by atoms with Crippen molar-refractivity contribution in [3.05, 3.63) is 24.5 Å². The second-order valence-corrected chi connectivity index (χ2v) is 3.18. The van der Waals surface area contributed by atoms with E-state index in [1.807, 2.05) is 29.4 Å². The molecular formula is C9H13N5O. The van der Waals surface area contributed by atoms with Crippen LogP contribution in [0.2, 0.25) is 0 Å². The molecule has 0 fully saturated rings. The first-order chi connectivity index (χ1) is 7.29. The molecule has 0 bridgehead atoms. The minimum Gasteiger partial charge on any atom is -0.482 e. The maximum atomic E-state index is 5.51. The van der Waals surface area contributed by atoms with Crippen LogP contribution >= 0.6 is 0 Å². The fraction of sp³-hybridized carbons (Fsp3) is 0.444. The monoisotopic (exact) mass is 207 g/mol. The number of aromatic nitrogens is 5. The standard InChI is InChI=1S/C9H13N5O/c1-3-14-5-8(4-11-14)15-6-9-12-10-7-13(9)2/h4-5,7H,3,6H2,1-2H3. The lowest BCUT2D eigenvalue weighted by Gasteiger charge is -2.01. The second kappa shape index (κ2) is 4.12. The van der Waals surface area contributed by atoms with Gasteiger partial charge in [0.15, 0.2) is 11.6 Å². The molecule has 2 rings (SSSR count). The first-order valence-electron chi connectivity index (χ1n) is 4.77. The van der Waals surface area contributed by atoms with Gasteiger partial charge in [0.1, 0.15) is 12.9 Å². The average Bonchev–Trinajstić information content (AvgIpc) is 2.84. The summed E-state index contributed by atoms with van der Waals surface area (Å²) in [4.78, 5) is 0. The molecule has 2 heterocycles. The Morgan fingerprint density at radius 2 is 2.33 bits per heavy atom. The Morgan fingerprint density at radius 1 is 1.47 bits per heavy atom. The third kappa shape index (κ3) is 2.15. The number of hydrogen-bond donors (Lipinski definition) is 0. The molecular weight excluding hydrogens is 194 g/mol. The van der Waals surface area contributed by atoms with E-state index in [-0.39, 0.29) is 0 Å². The van der Waals surface area contributed by atoms with Gasteiger partial charge in [0.25, 0.3) is 0 Å². The summed E-state index contributed by atoms with van der Waals surface area (Å²) in [7, 11) is 1.88. The lowest BCUT2D eigenvalue weighted by atomic mass is 10.6. The van der Waals surface area contributed by atoms with Gasteiger partial charge in [-0.15, -0.1) is 10.2 Å². The number of nitrogens with zero attached hydrogens (tertiary/aromatic N) is 5. The Bertz CT molecular complexity index is 433. The molecule has 0 atom stereocenters. The highest BCUT2D eigenvalue weighted by atomic mass is 16.5. The molecule has 80 valence electrons. The van der Waals surface area contributed by atoms with Crippen LogP contribution < -0.4 is 4.74 Å². The van der Waals surface area contributed by atoms with E-state index in [0.717, 1.165) is 18.1 Å². The minimum absolute atomic E-state index is 0.409. The highest BCUT2D eigenvalue weighted by Crippen LogP contribution is 2.09. The summed E-state index contributed by atoms with van der Waals surface area (Å²) in [5, 5.41) is 11.8. The summed E-state index contributed by atoms with van der Waals surface area (Å²) in [5.41, 5.74) is 0. The lowest BCUT2D eigenvalue weighted by molar-refractivity contribution is 0.291. The van der Waals surface area contributed by atoms with E-state index in [1.165, 1.54) is 0 Å². The van der Waals surface area contributed by atoms with Gasteiger partial charge in [-0.25, -0.2) is 0 Å². The van der Waals surface area contributed by atoms with Crippen molar-refractivity contribution in [3.8, 4) is 5.75 Å². The minimum atomic E-state index is 0.409. The Labute approximate surface area is 87.5 Å². The lowest BCUT2D eigenvalue weighted by Crippen LogP contribution is -2.02. The zero-order chi connectivity index (χ0) is 10.7. The van der Waals surface area contributed by atoms with Gasteiger partial charge in [0.05, 0.1) is 12.4 Å². The quantitative estimate of drug-likeness (QED) is 0.737. The van der Waals surface area contributed by atoms with E-state index < -0.39 is 0 Å². The zero-order valence-electron chi connectivity index (χ0n) is 8.79. The summed E-state index contributed by atoms with van der Waals surface area (Å²) in [6.07, 6.45) is 5.20. The van der Waals surface area contributed by atoms with Crippen LogP contribution in [0.5, 0.6) is 5.75 Å². The molecule has 0 unspecified atom stereocenters. The number of aryl methyl sites for hydroxylation is 2. The van der Waals surface area contributed by atoms with Gasteiger partial charge in [0, 0.05) is 13.6 Å². The van der Waals surface area contributed by atoms with Gasteiger partial charge in [-0.3, -0.25) is 4.68 Å². The van der Waals surface area contributed by atoms with E-state index in [4.69, 9.17) is 4.74 Å². The fourth-order valence-electron chi connectivity index (χ4n) is 1.18. The van der Waals surface area contributed by atoms with Crippen LogP contribution in [0, 0.1) is 0 Å². The molecule has 6 heteroatoms. The summed E-state index contributed by atoms with van der Waals surface area (Å²) in [6.45, 7) is 3.28. The van der Waals surface area contributed by atoms with Crippen molar-refractivity contribution < 1.29 is 4.74 Å². The predicted octanol–water partition coefficient (Wildman–Crippen LogP) is 0.610. The Balaban J connectivity index is 1.96. The van der Waals surface area contributed by atoms with Crippen molar-refractivity contribution in [3.63, 3.8) is 0 Å². The average molecular weight is 207 g/mol. The van der Waals surface area contributed by atoms with Gasteiger partial charge in [-0.05, 0) is 6.92 Å². The smallest absolute Gasteiger partial charge is 0.170 e. The summed E-state index contributed by atoms with van der Waals surface area (Å²) < 4.78 is 9.14. The van der Waals surface area contributed by atoms with Crippen molar-refractivity contribution in [1.29, 1.82) is 0 Å². The van der Waals surface area contributed by atoms with Crippen LogP contribution in [0.1, 0.15) is 12.7 Å². The molecule has 2 aromatic rings. The SMILES string of the molecule is CCn1cc(OCc2nncn2C)cn1. The summed E-state index contributed by atoms with van der Waals surface area (Å²) in [6, 6.07) is 0. The highest BCUT2D eigenvalue weighted by molar-refractivity contribution is 5.11. The van der Waals surface area contributed by atoms with E-state index >= 15 is 0 Å². The molecule has 0 spiro atoms. The van der Waals surface area contributed by atoms with Crippen LogP contribution in [0.25, 0.3) is 0 Å². The molecule has 2 aromatic heterocycles. The molecule has 6 nitrogen and oxygen atoms in total. The number of rotatable bonds is 4. The normalized spacial score (nSPS) is 10.5. The van der Waals surface area contributed by atoms with E-state index in [1.54, 1.807) is 12.5 Å². The summed E-state index contributed by atoms with van der Waals surface area (Å²) in [5.74, 6) is 1.54. The van der Waals surface area contributed by atoms with Gasteiger partial charge in [0.2, 0.25) is 0 Å². The van der Waals surface area contributed by atoms with Gasteiger partial charge < -0.3 is 9.30 Å². The molecule has 0 saturated carbocycles. The first kappa shape index (κ1) is 9.70. The molecule has 0 saturated heterocycles. The van der Waals surface area contributed by atoms with Crippen molar-refractivity contribution in [2.75, 3.05) is 0 Å². The Kier molecular flexibility index (Phi) is 2.66. The maximum absolute atomic E-state index is 5.51. The number of hydrogen-bond acceptors (Lipinski definition) is 4. The molecule has 0 N–H and O–H groups in total. The van der Waals surface area contributed by atoms with Crippen molar-refractivity contribution >= 4 is 0 Å². The molecule has 0 aliphatic carbocycles. The van der Waals surface area contributed by atoms with Crippen molar-refractivity contribution in [1.82, 2.24) is 24.5 Å². The van der Waals surface area contributed by atoms with Crippen molar-refractivity contribution in [2.24, 2.45) is 7.05 Å². The Hall–Kier alpha value is -1.85. The largest absolute Gasteiger partial charge is 0.482 e. The third-order valence-electron chi connectivity index (χ3n) is 2.11. The maximum Gasteiger partial charge on any atom is 0.170 e. The van der Waals surface area contributed by atoms with Crippen molar-refractivity contribution in [2.45, 2.75) is 20.1 Å². The van der Waals surface area contributed by atoms with Crippen LogP contribution in [0.4, 0.5) is 0 Å². The highest BCUT2D eigenvalue weighted by Gasteiger charge is 2.03. The predicted molar refractivity (Wildman–Crippen MR) is 53.2 cm³/mol. The zero-order valence-corrected chi connectivity index (χ0v) is 8.79. The topological polar surface area (TPSA) is 57.8 Å². The van der Waals surface area contributed by atoms with Crippen LogP contribution in [0.15, 0.2) is 18.7 Å². The first-order valence-corrected chi connectivity index (χ1v) is 4.77. The van der Waals surface area contributed by atoms with Crippen LogP contribution in [0.3, 0.4) is 0 Å².